The van der Waals surface area contributed by atoms with Crippen LogP contribution in [0.15, 0.2) is 34.8 Å². The Bertz CT molecular complexity index is 812. The molecule has 1 heterocycles. The number of carbonyl (C=O) groups is 1. The van der Waals surface area contributed by atoms with Gasteiger partial charge >= 0.3 is 6.03 Å². The molecule has 1 atom stereocenters. The van der Waals surface area contributed by atoms with Crippen LogP contribution in [0.25, 0.3) is 0 Å². The third-order valence-electron chi connectivity index (χ3n) is 4.05. The zero-order chi connectivity index (χ0) is 18.1. The summed E-state index contributed by atoms with van der Waals surface area (Å²) in [4.78, 5) is 13.9. The normalized spacial score (nSPS) is 14.3. The van der Waals surface area contributed by atoms with Gasteiger partial charge in [0.15, 0.2) is 0 Å². The van der Waals surface area contributed by atoms with E-state index in [1.807, 2.05) is 0 Å². The van der Waals surface area contributed by atoms with Gasteiger partial charge in [0.1, 0.15) is 17.4 Å². The topological polar surface area (TPSA) is 72.8 Å². The summed E-state index contributed by atoms with van der Waals surface area (Å²) in [6, 6.07) is 4.77. The number of carbonyl (C=O) groups excluding carboxylic acids is 1. The van der Waals surface area contributed by atoms with Crippen molar-refractivity contribution in [3.63, 3.8) is 0 Å². The number of aliphatic hydroxyl groups excluding tert-OH is 1. The Morgan fingerprint density at radius 2 is 2.04 bits per heavy atom. The van der Waals surface area contributed by atoms with Gasteiger partial charge in [0.25, 0.3) is 0 Å². The fraction of sp³-hybridized carbons (Fsp3) is 0.235. The number of hydrogen-bond acceptors (Lipinski definition) is 3. The first kappa shape index (κ1) is 17.6. The number of aliphatic hydroxyl groups is 1. The van der Waals surface area contributed by atoms with Gasteiger partial charge < -0.3 is 15.5 Å². The molecule has 0 saturated carbocycles. The Morgan fingerprint density at radius 3 is 2.72 bits per heavy atom. The largest absolute Gasteiger partial charge is 0.508 e. The smallest absolute Gasteiger partial charge is 0.322 e. The summed E-state index contributed by atoms with van der Waals surface area (Å²) in [6.07, 6.45) is 0.576. The first-order valence-electron chi connectivity index (χ1n) is 7.55. The van der Waals surface area contributed by atoms with Crippen molar-refractivity contribution in [3.05, 3.63) is 57.6 Å². The molecule has 0 radical (unpaired) electrons. The van der Waals surface area contributed by atoms with Crippen molar-refractivity contribution < 1.29 is 23.8 Å². The number of urea groups is 1. The van der Waals surface area contributed by atoms with Crippen molar-refractivity contribution >= 4 is 27.6 Å². The molecule has 0 aromatic heterocycles. The average molecular weight is 413 g/mol. The van der Waals surface area contributed by atoms with E-state index < -0.39 is 30.3 Å². The number of rotatable bonds is 3. The van der Waals surface area contributed by atoms with Crippen LogP contribution in [0.3, 0.4) is 0 Å². The van der Waals surface area contributed by atoms with Crippen molar-refractivity contribution in [1.82, 2.24) is 5.32 Å². The van der Waals surface area contributed by atoms with Crippen LogP contribution in [-0.4, -0.2) is 29.4 Å². The summed E-state index contributed by atoms with van der Waals surface area (Å²) in [5.74, 6) is -1.46. The number of nitrogens with zero attached hydrogens (tertiary/aromatic N) is 1. The molecule has 132 valence electrons. The molecular weight excluding hydrogens is 398 g/mol. The van der Waals surface area contributed by atoms with Crippen LogP contribution in [0.5, 0.6) is 5.75 Å². The van der Waals surface area contributed by atoms with E-state index in [9.17, 15) is 23.8 Å². The monoisotopic (exact) mass is 412 g/mol. The van der Waals surface area contributed by atoms with E-state index in [2.05, 4.69) is 21.2 Å². The number of phenols is 1. The van der Waals surface area contributed by atoms with E-state index in [-0.39, 0.29) is 11.3 Å². The minimum Gasteiger partial charge on any atom is -0.508 e. The first-order chi connectivity index (χ1) is 11.9. The Hall–Kier alpha value is -2.19. The fourth-order valence-corrected chi connectivity index (χ4v) is 3.24. The van der Waals surface area contributed by atoms with Gasteiger partial charge in [-0.2, -0.15) is 0 Å². The molecule has 25 heavy (non-hydrogen) atoms. The number of aromatic hydroxyl groups is 1. The zero-order valence-corrected chi connectivity index (χ0v) is 14.6. The maximum Gasteiger partial charge on any atom is 0.322 e. The molecular formula is C17H15BrF2N2O3. The predicted molar refractivity (Wildman–Crippen MR) is 91.6 cm³/mol. The molecule has 2 amide bonds. The van der Waals surface area contributed by atoms with Gasteiger partial charge in [0.2, 0.25) is 0 Å². The number of hydrogen-bond donors (Lipinski definition) is 3. The van der Waals surface area contributed by atoms with Crippen molar-refractivity contribution in [1.29, 1.82) is 0 Å². The summed E-state index contributed by atoms with van der Waals surface area (Å²) in [5.41, 5.74) is 1.51. The lowest BCUT2D eigenvalue weighted by atomic mass is 10.1. The van der Waals surface area contributed by atoms with E-state index in [1.165, 1.54) is 17.0 Å². The van der Waals surface area contributed by atoms with Gasteiger partial charge in [0.05, 0.1) is 22.8 Å². The second kappa shape index (κ2) is 6.97. The quantitative estimate of drug-likeness (QED) is 0.724. The number of fused-ring (bicyclic) bond motifs is 1. The summed E-state index contributed by atoms with van der Waals surface area (Å²) in [5, 5.41) is 21.6. The van der Waals surface area contributed by atoms with Gasteiger partial charge in [-0.15, -0.1) is 0 Å². The highest BCUT2D eigenvalue weighted by Crippen LogP contribution is 2.33. The van der Waals surface area contributed by atoms with Crippen LogP contribution < -0.4 is 10.2 Å². The van der Waals surface area contributed by atoms with Crippen LogP contribution in [0.1, 0.15) is 17.2 Å². The lowest BCUT2D eigenvalue weighted by Gasteiger charge is -2.23. The van der Waals surface area contributed by atoms with Gasteiger partial charge in [-0.1, -0.05) is 0 Å². The standard InChI is InChI=1S/C17H15BrF2N2O3/c18-13-5-9-1-2-22(16(9)7-14(13)20)17(25)21-15(8-23)10-3-11(19)6-12(24)4-10/h3-7,15,23-24H,1-2,8H2,(H,21,25). The molecule has 3 N–H and O–H groups in total. The molecule has 1 unspecified atom stereocenters. The molecule has 8 heteroatoms. The van der Waals surface area contributed by atoms with Crippen molar-refractivity contribution in [2.24, 2.45) is 0 Å². The molecule has 0 fully saturated rings. The van der Waals surface area contributed by atoms with E-state index in [1.54, 1.807) is 6.07 Å². The summed E-state index contributed by atoms with van der Waals surface area (Å²) < 4.78 is 27.5. The molecule has 2 aromatic carbocycles. The molecule has 0 aliphatic carbocycles. The average Bonchev–Trinajstić information content (AvgIpc) is 2.94. The fourth-order valence-electron chi connectivity index (χ4n) is 2.85. The molecule has 1 aliphatic rings. The number of anilines is 1. The Kier molecular flexibility index (Phi) is 4.91. The van der Waals surface area contributed by atoms with Crippen LogP contribution in [-0.2, 0) is 6.42 Å². The van der Waals surface area contributed by atoms with Gasteiger partial charge in [0, 0.05) is 12.6 Å². The predicted octanol–water partition coefficient (Wildman–Crippen LogP) is 3.24. The van der Waals surface area contributed by atoms with Crippen LogP contribution in [0.4, 0.5) is 19.3 Å². The third-order valence-corrected chi connectivity index (χ3v) is 4.66. The summed E-state index contributed by atoms with van der Waals surface area (Å²) >= 11 is 3.12. The molecule has 3 rings (SSSR count). The van der Waals surface area contributed by atoms with Gasteiger partial charge in [-0.25, -0.2) is 13.6 Å². The van der Waals surface area contributed by atoms with Gasteiger partial charge in [-0.05, 0) is 57.7 Å². The van der Waals surface area contributed by atoms with Crippen LogP contribution >= 0.6 is 15.9 Å². The molecule has 0 bridgehead atoms. The van der Waals surface area contributed by atoms with Crippen molar-refractivity contribution in [2.75, 3.05) is 18.1 Å². The molecule has 2 aromatic rings. The van der Waals surface area contributed by atoms with Crippen LogP contribution in [0.2, 0.25) is 0 Å². The lowest BCUT2D eigenvalue weighted by Crippen LogP contribution is -2.42. The third kappa shape index (κ3) is 3.59. The Morgan fingerprint density at radius 1 is 1.28 bits per heavy atom. The highest BCUT2D eigenvalue weighted by molar-refractivity contribution is 9.10. The van der Waals surface area contributed by atoms with Crippen LogP contribution in [0, 0.1) is 11.6 Å². The summed E-state index contributed by atoms with van der Waals surface area (Å²) in [6.45, 7) is -0.117. The zero-order valence-electron chi connectivity index (χ0n) is 13.0. The number of phenolic OH excluding ortho intramolecular Hbond substituents is 1. The van der Waals surface area contributed by atoms with E-state index in [0.717, 1.165) is 17.7 Å². The highest BCUT2D eigenvalue weighted by Gasteiger charge is 2.28. The minimum atomic E-state index is -0.904. The Balaban J connectivity index is 1.82. The van der Waals surface area contributed by atoms with Crippen molar-refractivity contribution in [2.45, 2.75) is 12.5 Å². The maximum atomic E-state index is 13.8. The number of nitrogens with one attached hydrogen (secondary N) is 1. The second-order valence-electron chi connectivity index (χ2n) is 5.72. The lowest BCUT2D eigenvalue weighted by molar-refractivity contribution is 0.221. The van der Waals surface area contributed by atoms with Gasteiger partial charge in [-0.3, -0.25) is 4.90 Å². The van der Waals surface area contributed by atoms with Crippen molar-refractivity contribution in [3.8, 4) is 5.75 Å². The number of benzene rings is 2. The van der Waals surface area contributed by atoms with E-state index >= 15 is 0 Å². The molecule has 5 nitrogen and oxygen atoms in total. The maximum absolute atomic E-state index is 13.8. The molecule has 1 aliphatic heterocycles. The number of halogens is 3. The SMILES string of the molecule is O=C(NC(CO)c1cc(O)cc(F)c1)N1CCc2cc(Br)c(F)cc21. The molecule has 0 spiro atoms. The second-order valence-corrected chi connectivity index (χ2v) is 6.58. The number of amides is 2. The minimum absolute atomic E-state index is 0.231. The molecule has 0 saturated heterocycles. The first-order valence-corrected chi connectivity index (χ1v) is 8.34. The Labute approximate surface area is 151 Å². The van der Waals surface area contributed by atoms with E-state index in [0.29, 0.717) is 23.1 Å². The highest BCUT2D eigenvalue weighted by atomic mass is 79.9. The van der Waals surface area contributed by atoms with E-state index in [4.69, 9.17) is 0 Å². The summed E-state index contributed by atoms with van der Waals surface area (Å²) in [7, 11) is 0.